The molecule has 9 heteroatoms. The van der Waals surface area contributed by atoms with Crippen LogP contribution in [0.4, 0.5) is 11.8 Å². The zero-order chi connectivity index (χ0) is 16.1. The summed E-state index contributed by atoms with van der Waals surface area (Å²) >= 11 is 6.04. The van der Waals surface area contributed by atoms with Crippen molar-refractivity contribution in [3.8, 4) is 11.4 Å². The van der Waals surface area contributed by atoms with Crippen LogP contribution in [0.2, 0.25) is 5.15 Å². The van der Waals surface area contributed by atoms with E-state index in [1.54, 1.807) is 12.1 Å². The largest absolute Gasteiger partial charge is 0.391 e. The van der Waals surface area contributed by atoms with E-state index in [9.17, 15) is 5.11 Å². The van der Waals surface area contributed by atoms with E-state index in [-0.39, 0.29) is 12.5 Å². The van der Waals surface area contributed by atoms with E-state index in [1.807, 2.05) is 19.3 Å². The summed E-state index contributed by atoms with van der Waals surface area (Å²) in [4.78, 5) is 8.36. The van der Waals surface area contributed by atoms with Crippen molar-refractivity contribution in [2.75, 3.05) is 17.3 Å². The second-order valence-electron chi connectivity index (χ2n) is 4.71. The van der Waals surface area contributed by atoms with Gasteiger partial charge in [-0.05, 0) is 25.5 Å². The van der Waals surface area contributed by atoms with Gasteiger partial charge < -0.3 is 10.4 Å². The first kappa shape index (κ1) is 16.5. The molecule has 0 amide bonds. The highest BCUT2D eigenvalue weighted by Gasteiger charge is 2.16. The molecule has 0 aliphatic heterocycles. The third-order valence-corrected chi connectivity index (χ3v) is 3.23. The average Bonchev–Trinajstić information content (AvgIpc) is 2.90. The molecule has 0 spiro atoms. The van der Waals surface area contributed by atoms with Crippen LogP contribution in [0.25, 0.3) is 11.4 Å². The highest BCUT2D eigenvalue weighted by molar-refractivity contribution is 6.29. The monoisotopic (exact) mass is 326 g/mol. The van der Waals surface area contributed by atoms with Gasteiger partial charge in [0, 0.05) is 12.1 Å². The lowest BCUT2D eigenvalue weighted by Crippen LogP contribution is -2.17. The summed E-state index contributed by atoms with van der Waals surface area (Å²) in [6.45, 7) is 4.80. The molecule has 8 nitrogen and oxygen atoms in total. The van der Waals surface area contributed by atoms with Crippen molar-refractivity contribution >= 4 is 23.4 Å². The molecule has 22 heavy (non-hydrogen) atoms. The standard InChI is InChI=1S/C13H19ClN6O2/c1-3-9(21)7-20-12(17-13(18-20)19-22)8-5-10(14)16-11(6-8)15-4-2/h5-6,9,21-22H,3-4,7H2,1-2H3,(H,15,16)(H,18,19). The SMILES string of the molecule is CCNc1cc(-c2nc(NO)nn2CC(O)CC)cc(Cl)n1. The van der Waals surface area contributed by atoms with E-state index in [0.717, 1.165) is 0 Å². The lowest BCUT2D eigenvalue weighted by molar-refractivity contribution is 0.146. The van der Waals surface area contributed by atoms with Gasteiger partial charge in [0.1, 0.15) is 11.0 Å². The maximum absolute atomic E-state index is 9.84. The summed E-state index contributed by atoms with van der Waals surface area (Å²) in [5, 5.41) is 26.3. The molecule has 4 N–H and O–H groups in total. The molecular weight excluding hydrogens is 308 g/mol. The van der Waals surface area contributed by atoms with Crippen LogP contribution in [0.1, 0.15) is 20.3 Å². The Hall–Kier alpha value is -1.90. The first-order chi connectivity index (χ1) is 10.6. The third-order valence-electron chi connectivity index (χ3n) is 3.04. The summed E-state index contributed by atoms with van der Waals surface area (Å²) in [5.74, 6) is 1.15. The van der Waals surface area contributed by atoms with Gasteiger partial charge in [0.2, 0.25) is 0 Å². The smallest absolute Gasteiger partial charge is 0.266 e. The van der Waals surface area contributed by atoms with E-state index < -0.39 is 6.10 Å². The fourth-order valence-electron chi connectivity index (χ4n) is 1.96. The maximum atomic E-state index is 9.84. The van der Waals surface area contributed by atoms with Crippen molar-refractivity contribution in [2.24, 2.45) is 0 Å². The molecule has 0 aromatic carbocycles. The number of hydrogen-bond acceptors (Lipinski definition) is 7. The number of aliphatic hydroxyl groups is 1. The lowest BCUT2D eigenvalue weighted by atomic mass is 10.2. The van der Waals surface area contributed by atoms with Gasteiger partial charge in [-0.15, -0.1) is 5.10 Å². The molecular formula is C13H19ClN6O2. The van der Waals surface area contributed by atoms with Crippen molar-refractivity contribution in [3.05, 3.63) is 17.3 Å². The van der Waals surface area contributed by atoms with Crippen LogP contribution < -0.4 is 10.8 Å². The number of hydrogen-bond donors (Lipinski definition) is 4. The topological polar surface area (TPSA) is 108 Å². The second kappa shape index (κ2) is 7.39. The first-order valence-electron chi connectivity index (χ1n) is 7.02. The molecule has 0 fully saturated rings. The number of pyridine rings is 1. The van der Waals surface area contributed by atoms with Gasteiger partial charge in [-0.25, -0.2) is 15.1 Å². The quantitative estimate of drug-likeness (QED) is 0.455. The highest BCUT2D eigenvalue weighted by atomic mass is 35.5. The molecule has 2 heterocycles. The predicted molar refractivity (Wildman–Crippen MR) is 84.1 cm³/mol. The molecule has 0 aliphatic carbocycles. The molecule has 1 atom stereocenters. The molecule has 0 saturated carbocycles. The molecule has 0 aliphatic rings. The Labute approximate surface area is 133 Å². The first-order valence-corrected chi connectivity index (χ1v) is 7.40. The van der Waals surface area contributed by atoms with Crippen LogP contribution in [0.3, 0.4) is 0 Å². The van der Waals surface area contributed by atoms with Crippen molar-refractivity contribution < 1.29 is 10.3 Å². The number of anilines is 2. The minimum Gasteiger partial charge on any atom is -0.391 e. The molecule has 2 aromatic heterocycles. The van der Waals surface area contributed by atoms with Crippen LogP contribution >= 0.6 is 11.6 Å². The van der Waals surface area contributed by atoms with Crippen molar-refractivity contribution in [1.82, 2.24) is 19.7 Å². The van der Waals surface area contributed by atoms with Crippen LogP contribution in [-0.4, -0.2) is 42.7 Å². The van der Waals surface area contributed by atoms with Gasteiger partial charge in [0.15, 0.2) is 5.82 Å². The number of nitrogens with zero attached hydrogens (tertiary/aromatic N) is 4. The predicted octanol–water partition coefficient (Wildman–Crippen LogP) is 2.00. The summed E-state index contributed by atoms with van der Waals surface area (Å²) in [6, 6.07) is 3.44. The lowest BCUT2D eigenvalue weighted by Gasteiger charge is -2.11. The molecule has 2 aromatic rings. The van der Waals surface area contributed by atoms with Crippen LogP contribution in [0, 0.1) is 0 Å². The average molecular weight is 327 g/mol. The molecule has 0 bridgehead atoms. The van der Waals surface area contributed by atoms with Crippen LogP contribution in [0.15, 0.2) is 12.1 Å². The number of aliphatic hydroxyl groups excluding tert-OH is 1. The molecule has 1 unspecified atom stereocenters. The van der Waals surface area contributed by atoms with Crippen molar-refractivity contribution in [2.45, 2.75) is 32.9 Å². The van der Waals surface area contributed by atoms with Crippen molar-refractivity contribution in [1.29, 1.82) is 0 Å². The van der Waals surface area contributed by atoms with Gasteiger partial charge in [-0.3, -0.25) is 5.21 Å². The van der Waals surface area contributed by atoms with E-state index in [0.29, 0.717) is 35.3 Å². The molecule has 0 radical (unpaired) electrons. The van der Waals surface area contributed by atoms with E-state index in [4.69, 9.17) is 16.8 Å². The van der Waals surface area contributed by atoms with E-state index in [1.165, 1.54) is 4.68 Å². The van der Waals surface area contributed by atoms with Gasteiger partial charge in [-0.1, -0.05) is 18.5 Å². The third kappa shape index (κ3) is 3.85. The Morgan fingerprint density at radius 1 is 1.32 bits per heavy atom. The fraction of sp³-hybridized carbons (Fsp3) is 0.462. The minimum atomic E-state index is -0.558. The van der Waals surface area contributed by atoms with Gasteiger partial charge in [0.05, 0.1) is 12.6 Å². The second-order valence-corrected chi connectivity index (χ2v) is 5.10. The van der Waals surface area contributed by atoms with Crippen LogP contribution in [-0.2, 0) is 6.54 Å². The van der Waals surface area contributed by atoms with Crippen LogP contribution in [0.5, 0.6) is 0 Å². The summed E-state index contributed by atoms with van der Waals surface area (Å²) in [7, 11) is 0. The fourth-order valence-corrected chi connectivity index (χ4v) is 2.17. The zero-order valence-corrected chi connectivity index (χ0v) is 13.2. The van der Waals surface area contributed by atoms with Gasteiger partial charge >= 0.3 is 0 Å². The Balaban J connectivity index is 2.44. The zero-order valence-electron chi connectivity index (χ0n) is 12.4. The van der Waals surface area contributed by atoms with Gasteiger partial charge in [0.25, 0.3) is 5.95 Å². The summed E-state index contributed by atoms with van der Waals surface area (Å²) in [6.07, 6.45) is 0.0264. The molecule has 0 saturated heterocycles. The Kier molecular flexibility index (Phi) is 5.53. The Morgan fingerprint density at radius 2 is 2.09 bits per heavy atom. The number of aromatic nitrogens is 4. The maximum Gasteiger partial charge on any atom is 0.266 e. The number of halogens is 1. The highest BCUT2D eigenvalue weighted by Crippen LogP contribution is 2.25. The molecule has 2 rings (SSSR count). The normalized spacial score (nSPS) is 12.2. The number of nitrogens with one attached hydrogen (secondary N) is 2. The van der Waals surface area contributed by atoms with Gasteiger partial charge in [-0.2, -0.15) is 4.98 Å². The summed E-state index contributed by atoms with van der Waals surface area (Å²) in [5.41, 5.74) is 2.60. The van der Waals surface area contributed by atoms with Crippen molar-refractivity contribution in [3.63, 3.8) is 0 Å². The Morgan fingerprint density at radius 3 is 2.73 bits per heavy atom. The van der Waals surface area contributed by atoms with E-state index in [2.05, 4.69) is 20.4 Å². The molecule has 120 valence electrons. The van der Waals surface area contributed by atoms with E-state index >= 15 is 0 Å². The summed E-state index contributed by atoms with van der Waals surface area (Å²) < 4.78 is 1.52. The Bertz CT molecular complexity index is 633. The number of rotatable bonds is 7. The minimum absolute atomic E-state index is 0.0521.